The Labute approximate surface area is 98.8 Å². The molecule has 0 aromatic heterocycles. The van der Waals surface area contributed by atoms with Gasteiger partial charge in [-0.3, -0.25) is 4.79 Å². The summed E-state index contributed by atoms with van der Waals surface area (Å²) in [4.78, 5) is 13.3. The number of nitrogen functional groups attached to an aromatic ring is 1. The Morgan fingerprint density at radius 3 is 2.81 bits per heavy atom. The Kier molecular flexibility index (Phi) is 4.61. The van der Waals surface area contributed by atoms with Gasteiger partial charge in [-0.25, -0.2) is 4.39 Å². The number of thioether (sulfide) groups is 1. The van der Waals surface area contributed by atoms with E-state index in [1.54, 1.807) is 18.8 Å². The monoisotopic (exact) mass is 242 g/mol. The molecule has 2 N–H and O–H groups in total. The summed E-state index contributed by atoms with van der Waals surface area (Å²) in [5.41, 5.74) is 5.80. The zero-order chi connectivity index (χ0) is 12.1. The lowest BCUT2D eigenvalue weighted by molar-refractivity contribution is 0.0799. The van der Waals surface area contributed by atoms with E-state index < -0.39 is 5.82 Å². The van der Waals surface area contributed by atoms with E-state index >= 15 is 0 Å². The molecule has 0 heterocycles. The summed E-state index contributed by atoms with van der Waals surface area (Å²) in [6, 6.07) is 4.11. The van der Waals surface area contributed by atoms with Crippen LogP contribution in [0.25, 0.3) is 0 Å². The van der Waals surface area contributed by atoms with Crippen LogP contribution in [0.1, 0.15) is 10.4 Å². The van der Waals surface area contributed by atoms with Gasteiger partial charge in [0.2, 0.25) is 0 Å². The zero-order valence-electron chi connectivity index (χ0n) is 9.37. The fraction of sp³-hybridized carbons (Fsp3) is 0.364. The third-order valence-electron chi connectivity index (χ3n) is 2.20. The zero-order valence-corrected chi connectivity index (χ0v) is 10.2. The number of nitrogens with two attached hydrogens (primary N) is 1. The average molecular weight is 242 g/mol. The molecule has 88 valence electrons. The summed E-state index contributed by atoms with van der Waals surface area (Å²) in [5, 5.41) is 0. The molecule has 1 aromatic carbocycles. The first-order valence-electron chi connectivity index (χ1n) is 4.85. The van der Waals surface area contributed by atoms with Crippen molar-refractivity contribution in [2.45, 2.75) is 0 Å². The maximum Gasteiger partial charge on any atom is 0.256 e. The minimum absolute atomic E-state index is 0.0674. The van der Waals surface area contributed by atoms with Crippen molar-refractivity contribution in [3.05, 3.63) is 29.6 Å². The second-order valence-electron chi connectivity index (χ2n) is 3.46. The largest absolute Gasteiger partial charge is 0.399 e. The number of halogens is 1. The van der Waals surface area contributed by atoms with Gasteiger partial charge < -0.3 is 10.6 Å². The van der Waals surface area contributed by atoms with Crippen molar-refractivity contribution in [1.82, 2.24) is 4.90 Å². The average Bonchev–Trinajstić information content (AvgIpc) is 2.25. The first-order chi connectivity index (χ1) is 7.56. The Hall–Kier alpha value is -1.23. The number of carbonyl (C=O) groups is 1. The van der Waals surface area contributed by atoms with Crippen molar-refractivity contribution in [3.8, 4) is 0 Å². The third kappa shape index (κ3) is 3.13. The van der Waals surface area contributed by atoms with Crippen LogP contribution in [0.5, 0.6) is 0 Å². The second kappa shape index (κ2) is 5.75. The fourth-order valence-electron chi connectivity index (χ4n) is 1.24. The maximum atomic E-state index is 13.5. The molecule has 0 unspecified atom stereocenters. The van der Waals surface area contributed by atoms with Crippen molar-refractivity contribution in [2.75, 3.05) is 31.3 Å². The summed E-state index contributed by atoms with van der Waals surface area (Å²) in [7, 11) is 1.66. The topological polar surface area (TPSA) is 46.3 Å². The van der Waals surface area contributed by atoms with Crippen LogP contribution in [0, 0.1) is 5.82 Å². The van der Waals surface area contributed by atoms with E-state index in [2.05, 4.69) is 0 Å². The second-order valence-corrected chi connectivity index (χ2v) is 4.44. The van der Waals surface area contributed by atoms with Gasteiger partial charge in [0.15, 0.2) is 0 Å². The van der Waals surface area contributed by atoms with E-state index in [1.807, 2.05) is 6.26 Å². The van der Waals surface area contributed by atoms with E-state index in [-0.39, 0.29) is 11.5 Å². The number of hydrogen-bond donors (Lipinski definition) is 1. The van der Waals surface area contributed by atoms with Crippen LogP contribution in [-0.4, -0.2) is 36.4 Å². The Morgan fingerprint density at radius 1 is 1.56 bits per heavy atom. The smallest absolute Gasteiger partial charge is 0.256 e. The molecule has 16 heavy (non-hydrogen) atoms. The Balaban J connectivity index is 2.79. The molecule has 0 bridgehead atoms. The number of nitrogens with zero attached hydrogens (tertiary/aromatic N) is 1. The summed E-state index contributed by atoms with van der Waals surface area (Å²) in [6.45, 7) is 0.601. The molecule has 0 spiro atoms. The van der Waals surface area contributed by atoms with Crippen LogP contribution >= 0.6 is 11.8 Å². The van der Waals surface area contributed by atoms with Crippen LogP contribution in [-0.2, 0) is 0 Å². The van der Waals surface area contributed by atoms with Crippen LogP contribution in [0.2, 0.25) is 0 Å². The first kappa shape index (κ1) is 12.8. The molecule has 0 radical (unpaired) electrons. The minimum atomic E-state index is -0.569. The predicted molar refractivity (Wildman–Crippen MR) is 66.2 cm³/mol. The highest BCUT2D eigenvalue weighted by Crippen LogP contribution is 2.13. The highest BCUT2D eigenvalue weighted by Gasteiger charge is 2.15. The van der Waals surface area contributed by atoms with Gasteiger partial charge in [0.1, 0.15) is 5.82 Å². The molecule has 0 aliphatic heterocycles. The SMILES string of the molecule is CSCCN(C)C(=O)c1ccc(N)cc1F. The predicted octanol–water partition coefficient (Wildman–Crippen LogP) is 1.84. The molecule has 1 amide bonds. The fourth-order valence-corrected chi connectivity index (χ4v) is 1.70. The van der Waals surface area contributed by atoms with E-state index in [0.29, 0.717) is 12.2 Å². The number of rotatable bonds is 4. The number of amides is 1. The van der Waals surface area contributed by atoms with E-state index in [4.69, 9.17) is 5.73 Å². The van der Waals surface area contributed by atoms with E-state index in [9.17, 15) is 9.18 Å². The van der Waals surface area contributed by atoms with Gasteiger partial charge in [0.05, 0.1) is 5.56 Å². The van der Waals surface area contributed by atoms with Gasteiger partial charge in [-0.05, 0) is 24.5 Å². The molecule has 5 heteroatoms. The number of hydrogen-bond acceptors (Lipinski definition) is 3. The van der Waals surface area contributed by atoms with Crippen molar-refractivity contribution in [3.63, 3.8) is 0 Å². The summed E-state index contributed by atoms with van der Waals surface area (Å²) in [5.74, 6) is -0.0497. The Bertz CT molecular complexity index is 384. The van der Waals surface area contributed by atoms with Crippen molar-refractivity contribution < 1.29 is 9.18 Å². The van der Waals surface area contributed by atoms with Gasteiger partial charge in [0.25, 0.3) is 5.91 Å². The van der Waals surface area contributed by atoms with Crippen LogP contribution in [0.15, 0.2) is 18.2 Å². The lowest BCUT2D eigenvalue weighted by Gasteiger charge is -2.16. The standard InChI is InChI=1S/C11H15FN2OS/c1-14(5-6-16-2)11(15)9-4-3-8(13)7-10(9)12/h3-4,7H,5-6,13H2,1-2H3. The normalized spacial score (nSPS) is 10.2. The lowest BCUT2D eigenvalue weighted by atomic mass is 10.1. The molecule has 3 nitrogen and oxygen atoms in total. The molecule has 0 aliphatic carbocycles. The molecule has 1 aromatic rings. The molecule has 1 rings (SSSR count). The molecular formula is C11H15FN2OS. The molecule has 0 aliphatic rings. The highest BCUT2D eigenvalue weighted by atomic mass is 32.2. The summed E-state index contributed by atoms with van der Waals surface area (Å²) < 4.78 is 13.5. The summed E-state index contributed by atoms with van der Waals surface area (Å²) in [6.07, 6.45) is 1.96. The third-order valence-corrected chi connectivity index (χ3v) is 2.79. The van der Waals surface area contributed by atoms with E-state index in [0.717, 1.165) is 11.8 Å². The van der Waals surface area contributed by atoms with Gasteiger partial charge in [-0.15, -0.1) is 0 Å². The molecule has 0 saturated carbocycles. The maximum absolute atomic E-state index is 13.5. The number of carbonyl (C=O) groups excluding carboxylic acids is 1. The highest BCUT2D eigenvalue weighted by molar-refractivity contribution is 7.98. The van der Waals surface area contributed by atoms with Gasteiger partial charge in [0, 0.05) is 25.0 Å². The van der Waals surface area contributed by atoms with Crippen molar-refractivity contribution in [2.24, 2.45) is 0 Å². The Morgan fingerprint density at radius 2 is 2.25 bits per heavy atom. The van der Waals surface area contributed by atoms with Crippen LogP contribution in [0.4, 0.5) is 10.1 Å². The van der Waals surface area contributed by atoms with Gasteiger partial charge in [-0.1, -0.05) is 0 Å². The molecule has 0 atom stereocenters. The molecule has 0 fully saturated rings. The van der Waals surface area contributed by atoms with Gasteiger partial charge in [-0.2, -0.15) is 11.8 Å². The molecular weight excluding hydrogens is 227 g/mol. The van der Waals surface area contributed by atoms with Crippen molar-refractivity contribution in [1.29, 1.82) is 0 Å². The quantitative estimate of drug-likeness (QED) is 0.819. The van der Waals surface area contributed by atoms with E-state index in [1.165, 1.54) is 17.0 Å². The summed E-state index contributed by atoms with van der Waals surface area (Å²) >= 11 is 1.64. The van der Waals surface area contributed by atoms with Crippen LogP contribution in [0.3, 0.4) is 0 Å². The molecule has 0 saturated heterocycles. The van der Waals surface area contributed by atoms with Crippen LogP contribution < -0.4 is 5.73 Å². The first-order valence-corrected chi connectivity index (χ1v) is 6.25. The number of benzene rings is 1. The van der Waals surface area contributed by atoms with Crippen molar-refractivity contribution >= 4 is 23.4 Å². The van der Waals surface area contributed by atoms with Gasteiger partial charge >= 0.3 is 0 Å². The number of anilines is 1. The lowest BCUT2D eigenvalue weighted by Crippen LogP contribution is -2.29. The minimum Gasteiger partial charge on any atom is -0.399 e.